The largest absolute Gasteiger partial charge is 0.462 e. The summed E-state index contributed by atoms with van der Waals surface area (Å²) in [4.78, 5) is 25.4. The summed E-state index contributed by atoms with van der Waals surface area (Å²) >= 11 is 1.38. The molecule has 0 spiro atoms. The number of ether oxygens (including phenoxy) is 1. The van der Waals surface area contributed by atoms with Gasteiger partial charge in [0.1, 0.15) is 5.00 Å². The molecule has 5 heteroatoms. The van der Waals surface area contributed by atoms with Crippen LogP contribution in [0.1, 0.15) is 58.6 Å². The Morgan fingerprint density at radius 2 is 1.85 bits per heavy atom. The van der Waals surface area contributed by atoms with Crippen LogP contribution in [0.4, 0.5) is 5.00 Å². The number of rotatable bonds is 6. The van der Waals surface area contributed by atoms with Gasteiger partial charge in [-0.2, -0.15) is 0 Å². The number of thiophene rings is 1. The number of anilines is 1. The quantitative estimate of drug-likeness (QED) is 0.552. The van der Waals surface area contributed by atoms with Crippen LogP contribution in [0.3, 0.4) is 0 Å². The molecule has 0 aliphatic carbocycles. The van der Waals surface area contributed by atoms with E-state index in [4.69, 9.17) is 4.74 Å². The average Bonchev–Trinajstić information content (AvgIpc) is 2.87. The molecule has 0 fully saturated rings. The monoisotopic (exact) mass is 371 g/mol. The van der Waals surface area contributed by atoms with Crippen molar-refractivity contribution in [2.24, 2.45) is 0 Å². The maximum atomic E-state index is 12.3. The molecule has 0 radical (unpaired) electrons. The predicted octanol–water partition coefficient (Wildman–Crippen LogP) is 5.32. The van der Waals surface area contributed by atoms with E-state index < -0.39 is 5.97 Å². The van der Waals surface area contributed by atoms with Crippen molar-refractivity contribution in [2.75, 3.05) is 11.9 Å². The Morgan fingerprint density at radius 1 is 1.19 bits per heavy atom. The third kappa shape index (κ3) is 4.82. The SMILES string of the molecule is CCOC(=O)c1c(NC(=O)C=Cc2ccc(C(C)C)cc2)sc(C)c1C. The maximum absolute atomic E-state index is 12.3. The molecule has 0 saturated carbocycles. The number of esters is 1. The number of amides is 1. The molecule has 2 aromatic rings. The standard InChI is InChI=1S/C21H25NO3S/c1-6-25-21(24)19-14(4)15(5)26-20(19)22-18(23)12-9-16-7-10-17(11-8-16)13(2)3/h7-13H,6H2,1-5H3,(H,22,23). The number of benzene rings is 1. The Labute approximate surface area is 158 Å². The first kappa shape index (κ1) is 19.9. The van der Waals surface area contributed by atoms with Gasteiger partial charge in [0.15, 0.2) is 0 Å². The maximum Gasteiger partial charge on any atom is 0.341 e. The molecular formula is C21H25NO3S. The van der Waals surface area contributed by atoms with E-state index >= 15 is 0 Å². The Bertz CT molecular complexity index is 817. The van der Waals surface area contributed by atoms with Crippen LogP contribution in [0.5, 0.6) is 0 Å². The van der Waals surface area contributed by atoms with Gasteiger partial charge in [0.2, 0.25) is 5.91 Å². The lowest BCUT2D eigenvalue weighted by Crippen LogP contribution is -2.12. The van der Waals surface area contributed by atoms with E-state index in [1.165, 1.54) is 23.0 Å². The first-order chi connectivity index (χ1) is 12.3. The Morgan fingerprint density at radius 3 is 2.42 bits per heavy atom. The van der Waals surface area contributed by atoms with Crippen molar-refractivity contribution >= 4 is 34.3 Å². The van der Waals surface area contributed by atoms with Crippen LogP contribution in [0.2, 0.25) is 0 Å². The number of carbonyl (C=O) groups is 2. The van der Waals surface area contributed by atoms with Gasteiger partial charge < -0.3 is 10.1 Å². The molecule has 1 amide bonds. The fraction of sp³-hybridized carbons (Fsp3) is 0.333. The van der Waals surface area contributed by atoms with Crippen molar-refractivity contribution in [3.05, 3.63) is 57.5 Å². The second kappa shape index (κ2) is 8.81. The summed E-state index contributed by atoms with van der Waals surface area (Å²) in [6.45, 7) is 10.1. The van der Waals surface area contributed by atoms with Crippen molar-refractivity contribution in [3.8, 4) is 0 Å². The number of nitrogens with one attached hydrogen (secondary N) is 1. The molecule has 138 valence electrons. The molecule has 1 N–H and O–H groups in total. The molecule has 0 saturated heterocycles. The summed E-state index contributed by atoms with van der Waals surface area (Å²) in [5.41, 5.74) is 3.50. The third-order valence-corrected chi connectivity index (χ3v) is 5.25. The summed E-state index contributed by atoms with van der Waals surface area (Å²) in [7, 11) is 0. The van der Waals surface area contributed by atoms with Gasteiger partial charge in [-0.1, -0.05) is 38.1 Å². The molecule has 1 aromatic heterocycles. The molecule has 0 unspecified atom stereocenters. The molecule has 0 aliphatic rings. The highest BCUT2D eigenvalue weighted by Crippen LogP contribution is 2.33. The van der Waals surface area contributed by atoms with Crippen LogP contribution in [0.25, 0.3) is 6.08 Å². The van der Waals surface area contributed by atoms with Crippen molar-refractivity contribution in [1.82, 2.24) is 0 Å². The van der Waals surface area contributed by atoms with Gasteiger partial charge in [0.05, 0.1) is 12.2 Å². The van der Waals surface area contributed by atoms with Gasteiger partial charge >= 0.3 is 5.97 Å². The van der Waals surface area contributed by atoms with Gasteiger partial charge in [-0.15, -0.1) is 11.3 Å². The smallest absolute Gasteiger partial charge is 0.341 e. The molecular weight excluding hydrogens is 346 g/mol. The Balaban J connectivity index is 2.12. The van der Waals surface area contributed by atoms with Crippen LogP contribution < -0.4 is 5.32 Å². The number of hydrogen-bond donors (Lipinski definition) is 1. The normalized spacial score (nSPS) is 11.2. The lowest BCUT2D eigenvalue weighted by atomic mass is 10.0. The first-order valence-corrected chi connectivity index (χ1v) is 9.51. The zero-order valence-corrected chi connectivity index (χ0v) is 16.7. The van der Waals surface area contributed by atoms with Gasteiger partial charge in [-0.05, 0) is 49.5 Å². The number of aryl methyl sites for hydroxylation is 1. The van der Waals surface area contributed by atoms with Crippen molar-refractivity contribution in [1.29, 1.82) is 0 Å². The molecule has 0 atom stereocenters. The van der Waals surface area contributed by atoms with E-state index in [1.807, 2.05) is 26.0 Å². The lowest BCUT2D eigenvalue weighted by molar-refractivity contribution is -0.111. The highest BCUT2D eigenvalue weighted by Gasteiger charge is 2.21. The Hall–Kier alpha value is -2.40. The summed E-state index contributed by atoms with van der Waals surface area (Å²) < 4.78 is 5.10. The summed E-state index contributed by atoms with van der Waals surface area (Å²) in [6.07, 6.45) is 3.24. The molecule has 2 rings (SSSR count). The minimum atomic E-state index is -0.405. The van der Waals surface area contributed by atoms with Gasteiger partial charge in [-0.3, -0.25) is 4.79 Å². The van der Waals surface area contributed by atoms with Crippen LogP contribution >= 0.6 is 11.3 Å². The summed E-state index contributed by atoms with van der Waals surface area (Å²) in [5.74, 6) is -0.203. The van der Waals surface area contributed by atoms with Crippen LogP contribution in [0, 0.1) is 13.8 Å². The second-order valence-corrected chi connectivity index (χ2v) is 7.58. The molecule has 26 heavy (non-hydrogen) atoms. The zero-order valence-electron chi connectivity index (χ0n) is 15.9. The second-order valence-electron chi connectivity index (χ2n) is 6.35. The first-order valence-electron chi connectivity index (χ1n) is 8.69. The topological polar surface area (TPSA) is 55.4 Å². The molecule has 4 nitrogen and oxygen atoms in total. The Kier molecular flexibility index (Phi) is 6.75. The third-order valence-electron chi connectivity index (χ3n) is 4.13. The summed E-state index contributed by atoms with van der Waals surface area (Å²) in [6, 6.07) is 8.10. The van der Waals surface area contributed by atoms with Crippen LogP contribution in [-0.2, 0) is 9.53 Å². The fourth-order valence-corrected chi connectivity index (χ4v) is 3.53. The minimum absolute atomic E-state index is 0.273. The van der Waals surface area contributed by atoms with Crippen molar-refractivity contribution < 1.29 is 14.3 Å². The lowest BCUT2D eigenvalue weighted by Gasteiger charge is -2.06. The van der Waals surface area contributed by atoms with Gasteiger partial charge in [0.25, 0.3) is 0 Å². The minimum Gasteiger partial charge on any atom is -0.462 e. The molecule has 0 bridgehead atoms. The zero-order chi connectivity index (χ0) is 19.3. The van der Waals surface area contributed by atoms with E-state index in [1.54, 1.807) is 13.0 Å². The van der Waals surface area contributed by atoms with E-state index in [9.17, 15) is 9.59 Å². The molecule has 1 aromatic carbocycles. The number of carbonyl (C=O) groups excluding carboxylic acids is 2. The summed E-state index contributed by atoms with van der Waals surface area (Å²) in [5, 5.41) is 3.33. The number of hydrogen-bond acceptors (Lipinski definition) is 4. The van der Waals surface area contributed by atoms with Crippen molar-refractivity contribution in [3.63, 3.8) is 0 Å². The van der Waals surface area contributed by atoms with Gasteiger partial charge in [-0.25, -0.2) is 4.79 Å². The average molecular weight is 372 g/mol. The van der Waals surface area contributed by atoms with Crippen molar-refractivity contribution in [2.45, 2.75) is 40.5 Å². The highest BCUT2D eigenvalue weighted by atomic mass is 32.1. The van der Waals surface area contributed by atoms with Crippen LogP contribution in [-0.4, -0.2) is 18.5 Å². The molecule has 1 heterocycles. The van der Waals surface area contributed by atoms with Gasteiger partial charge in [0, 0.05) is 11.0 Å². The van der Waals surface area contributed by atoms with E-state index in [2.05, 4.69) is 31.3 Å². The van der Waals surface area contributed by atoms with E-state index in [-0.39, 0.29) is 5.91 Å². The molecule has 0 aliphatic heterocycles. The predicted molar refractivity (Wildman–Crippen MR) is 108 cm³/mol. The van der Waals surface area contributed by atoms with E-state index in [0.29, 0.717) is 23.1 Å². The van der Waals surface area contributed by atoms with Crippen LogP contribution in [0.15, 0.2) is 30.3 Å². The van der Waals surface area contributed by atoms with E-state index in [0.717, 1.165) is 16.0 Å². The fourth-order valence-electron chi connectivity index (χ4n) is 2.48. The highest BCUT2D eigenvalue weighted by molar-refractivity contribution is 7.16.